The first kappa shape index (κ1) is 19.7. The second-order valence-corrected chi connectivity index (χ2v) is 5.91. The molecule has 0 saturated heterocycles. The minimum atomic E-state index is -0.377. The second-order valence-electron chi connectivity index (χ2n) is 5.91. The van der Waals surface area contributed by atoms with Crippen molar-refractivity contribution in [3.05, 3.63) is 39.9 Å². The number of nitrogens with one attached hydrogen (secondary N) is 2. The number of nitro benzene ring substituents is 1. The number of benzene rings is 1. The first-order valence-electron chi connectivity index (χ1n) is 7.76. The van der Waals surface area contributed by atoms with Gasteiger partial charge in [-0.3, -0.25) is 15.1 Å². The summed E-state index contributed by atoms with van der Waals surface area (Å²) in [6.45, 7) is 3.68. The molecule has 0 bridgehead atoms. The van der Waals surface area contributed by atoms with Gasteiger partial charge in [-0.2, -0.15) is 0 Å². The van der Waals surface area contributed by atoms with E-state index in [1.807, 2.05) is 6.07 Å². The van der Waals surface area contributed by atoms with Crippen LogP contribution in [0.3, 0.4) is 0 Å². The Kier molecular flexibility index (Phi) is 7.74. The van der Waals surface area contributed by atoms with Crippen LogP contribution in [0.1, 0.15) is 38.2 Å². The van der Waals surface area contributed by atoms with E-state index in [4.69, 9.17) is 0 Å². The van der Waals surface area contributed by atoms with Crippen molar-refractivity contribution in [3.8, 4) is 0 Å². The van der Waals surface area contributed by atoms with Crippen LogP contribution >= 0.6 is 24.0 Å². The summed E-state index contributed by atoms with van der Waals surface area (Å²) in [6.07, 6.45) is 5.05. The number of halogens is 1. The van der Waals surface area contributed by atoms with Crippen molar-refractivity contribution in [1.29, 1.82) is 0 Å². The Morgan fingerprint density at radius 1 is 1.39 bits per heavy atom. The lowest BCUT2D eigenvalue weighted by molar-refractivity contribution is -0.384. The van der Waals surface area contributed by atoms with Crippen molar-refractivity contribution < 1.29 is 4.92 Å². The number of rotatable bonds is 6. The highest BCUT2D eigenvalue weighted by molar-refractivity contribution is 14.0. The molecule has 0 heterocycles. The van der Waals surface area contributed by atoms with Crippen LogP contribution in [-0.2, 0) is 6.54 Å². The minimum Gasteiger partial charge on any atom is -0.356 e. The maximum atomic E-state index is 10.8. The van der Waals surface area contributed by atoms with Crippen molar-refractivity contribution in [3.63, 3.8) is 0 Å². The summed E-state index contributed by atoms with van der Waals surface area (Å²) in [5.41, 5.74) is 1.40. The quantitative estimate of drug-likeness (QED) is 0.237. The largest absolute Gasteiger partial charge is 0.356 e. The third-order valence-corrected chi connectivity index (χ3v) is 4.60. The molecule has 1 aliphatic rings. The SMILES string of the molecule is CCC1(CNC(=NC)NCc2cccc([N+](=O)[O-])c2)CCC1.I. The van der Waals surface area contributed by atoms with E-state index < -0.39 is 0 Å². The molecule has 0 atom stereocenters. The van der Waals surface area contributed by atoms with Gasteiger partial charge in [0.25, 0.3) is 5.69 Å². The molecule has 1 aromatic carbocycles. The average molecular weight is 432 g/mol. The lowest BCUT2D eigenvalue weighted by atomic mass is 9.67. The molecule has 1 aliphatic carbocycles. The molecule has 0 radical (unpaired) electrons. The van der Waals surface area contributed by atoms with Crippen LogP contribution in [0.4, 0.5) is 5.69 Å². The summed E-state index contributed by atoms with van der Waals surface area (Å²) in [5, 5.41) is 17.4. The molecule has 6 nitrogen and oxygen atoms in total. The number of hydrogen-bond donors (Lipinski definition) is 2. The fourth-order valence-corrected chi connectivity index (χ4v) is 2.79. The summed E-state index contributed by atoms with van der Waals surface area (Å²) < 4.78 is 0. The van der Waals surface area contributed by atoms with Crippen LogP contribution in [-0.4, -0.2) is 24.5 Å². The fourth-order valence-electron chi connectivity index (χ4n) is 2.79. The van der Waals surface area contributed by atoms with Crippen LogP contribution in [0.25, 0.3) is 0 Å². The number of nitrogens with zero attached hydrogens (tertiary/aromatic N) is 2. The van der Waals surface area contributed by atoms with Gasteiger partial charge in [-0.25, -0.2) is 0 Å². The van der Waals surface area contributed by atoms with E-state index in [2.05, 4.69) is 22.5 Å². The van der Waals surface area contributed by atoms with E-state index in [-0.39, 0.29) is 34.6 Å². The Balaban J connectivity index is 0.00000264. The molecule has 1 saturated carbocycles. The molecule has 0 aliphatic heterocycles. The van der Waals surface area contributed by atoms with Crippen molar-refractivity contribution >= 4 is 35.6 Å². The summed E-state index contributed by atoms with van der Waals surface area (Å²) in [4.78, 5) is 14.6. The Morgan fingerprint density at radius 3 is 2.65 bits per heavy atom. The first-order chi connectivity index (χ1) is 10.6. The number of guanidine groups is 1. The summed E-state index contributed by atoms with van der Waals surface area (Å²) in [6, 6.07) is 6.65. The van der Waals surface area contributed by atoms with Gasteiger partial charge in [-0.05, 0) is 30.2 Å². The number of non-ortho nitro benzene ring substituents is 1. The average Bonchev–Trinajstić information content (AvgIpc) is 2.49. The smallest absolute Gasteiger partial charge is 0.269 e. The number of hydrogen-bond acceptors (Lipinski definition) is 3. The molecule has 2 N–H and O–H groups in total. The standard InChI is InChI=1S/C16H24N4O2.HI/c1-3-16(8-5-9-16)12-19-15(17-2)18-11-13-6-4-7-14(10-13)20(21)22;/h4,6-7,10H,3,5,8-9,11-12H2,1-2H3,(H2,17,18,19);1H. The summed E-state index contributed by atoms with van der Waals surface area (Å²) in [7, 11) is 1.74. The summed E-state index contributed by atoms with van der Waals surface area (Å²) >= 11 is 0. The van der Waals surface area contributed by atoms with Gasteiger partial charge in [0.1, 0.15) is 0 Å². The highest BCUT2D eigenvalue weighted by atomic mass is 127. The molecule has 2 rings (SSSR count). The van der Waals surface area contributed by atoms with Gasteiger partial charge in [0.15, 0.2) is 5.96 Å². The fraction of sp³-hybridized carbons (Fsp3) is 0.562. The number of aliphatic imine (C=N–C) groups is 1. The summed E-state index contributed by atoms with van der Waals surface area (Å²) in [5.74, 6) is 0.742. The molecular weight excluding hydrogens is 407 g/mol. The van der Waals surface area contributed by atoms with E-state index in [0.29, 0.717) is 12.0 Å². The Bertz CT molecular complexity index is 553. The van der Waals surface area contributed by atoms with E-state index in [9.17, 15) is 10.1 Å². The molecule has 0 unspecified atom stereocenters. The van der Waals surface area contributed by atoms with Crippen LogP contribution in [0.15, 0.2) is 29.3 Å². The maximum Gasteiger partial charge on any atom is 0.269 e. The predicted octanol–water partition coefficient (Wildman–Crippen LogP) is 3.46. The zero-order valence-corrected chi connectivity index (χ0v) is 16.0. The second kappa shape index (κ2) is 9.05. The normalized spacial score (nSPS) is 16.0. The Labute approximate surface area is 154 Å². The van der Waals surface area contributed by atoms with Crippen LogP contribution in [0, 0.1) is 15.5 Å². The van der Waals surface area contributed by atoms with Gasteiger partial charge in [0, 0.05) is 32.3 Å². The molecule has 0 spiro atoms. The first-order valence-corrected chi connectivity index (χ1v) is 7.76. The van der Waals surface area contributed by atoms with Crippen molar-refractivity contribution in [2.75, 3.05) is 13.6 Å². The van der Waals surface area contributed by atoms with E-state index in [1.165, 1.54) is 31.7 Å². The third-order valence-electron chi connectivity index (χ3n) is 4.60. The minimum absolute atomic E-state index is 0. The number of nitro groups is 1. The Hall–Kier alpha value is -1.38. The molecule has 128 valence electrons. The molecule has 0 amide bonds. The van der Waals surface area contributed by atoms with Crippen molar-refractivity contribution in [2.24, 2.45) is 10.4 Å². The van der Waals surface area contributed by atoms with Gasteiger partial charge >= 0.3 is 0 Å². The van der Waals surface area contributed by atoms with Gasteiger partial charge < -0.3 is 10.6 Å². The van der Waals surface area contributed by atoms with E-state index in [0.717, 1.165) is 18.1 Å². The molecule has 7 heteroatoms. The zero-order valence-electron chi connectivity index (χ0n) is 13.7. The van der Waals surface area contributed by atoms with Crippen LogP contribution in [0.2, 0.25) is 0 Å². The highest BCUT2D eigenvalue weighted by Gasteiger charge is 2.34. The molecule has 1 fully saturated rings. The van der Waals surface area contributed by atoms with Gasteiger partial charge in [0.2, 0.25) is 0 Å². The topological polar surface area (TPSA) is 79.6 Å². The third kappa shape index (κ3) is 5.33. The van der Waals surface area contributed by atoms with E-state index in [1.54, 1.807) is 19.2 Å². The molecule has 23 heavy (non-hydrogen) atoms. The lowest BCUT2D eigenvalue weighted by Crippen LogP contribution is -2.46. The Morgan fingerprint density at radius 2 is 2.13 bits per heavy atom. The maximum absolute atomic E-state index is 10.8. The molecule has 0 aromatic heterocycles. The van der Waals surface area contributed by atoms with Gasteiger partial charge in [-0.1, -0.05) is 25.5 Å². The lowest BCUT2D eigenvalue weighted by Gasteiger charge is -2.41. The van der Waals surface area contributed by atoms with Gasteiger partial charge in [-0.15, -0.1) is 24.0 Å². The highest BCUT2D eigenvalue weighted by Crippen LogP contribution is 2.42. The molecule has 1 aromatic rings. The predicted molar refractivity (Wildman–Crippen MR) is 103 cm³/mol. The molecular formula is C16H25IN4O2. The van der Waals surface area contributed by atoms with Crippen molar-refractivity contribution in [2.45, 2.75) is 39.2 Å². The van der Waals surface area contributed by atoms with Crippen molar-refractivity contribution in [1.82, 2.24) is 10.6 Å². The zero-order chi connectivity index (χ0) is 16.0. The monoisotopic (exact) mass is 432 g/mol. The van der Waals surface area contributed by atoms with E-state index >= 15 is 0 Å². The van der Waals surface area contributed by atoms with Crippen LogP contribution in [0.5, 0.6) is 0 Å². The van der Waals surface area contributed by atoms with Gasteiger partial charge in [0.05, 0.1) is 4.92 Å². The van der Waals surface area contributed by atoms with Crippen LogP contribution < -0.4 is 10.6 Å².